The summed E-state index contributed by atoms with van der Waals surface area (Å²) in [6.45, 7) is 1.35. The van der Waals surface area contributed by atoms with Gasteiger partial charge in [-0.15, -0.1) is 0 Å². The van der Waals surface area contributed by atoms with Gasteiger partial charge in [0.05, 0.1) is 13.3 Å². The predicted octanol–water partition coefficient (Wildman–Crippen LogP) is 3.68. The zero-order valence-electron chi connectivity index (χ0n) is 19.0. The molecule has 9 nitrogen and oxygen atoms in total. The normalized spacial score (nSPS) is 10.7. The molecule has 0 aliphatic carbocycles. The molecule has 3 rings (SSSR count). The van der Waals surface area contributed by atoms with Gasteiger partial charge in [-0.25, -0.2) is 14.4 Å². The summed E-state index contributed by atoms with van der Waals surface area (Å²) in [5.41, 5.74) is 1.57. The van der Waals surface area contributed by atoms with Crippen LogP contribution >= 0.6 is 0 Å². The number of nitrogens with one attached hydrogen (secondary N) is 2. The molecule has 0 fully saturated rings. The largest absolute Gasteiger partial charge is 0.492 e. The first-order chi connectivity index (χ1) is 15.9. The molecule has 1 amide bonds. The Morgan fingerprint density at radius 2 is 1.79 bits per heavy atom. The molecular weight excluding hydrogens is 427 g/mol. The lowest BCUT2D eigenvalue weighted by Crippen LogP contribution is -2.25. The highest BCUT2D eigenvalue weighted by atomic mass is 19.1. The van der Waals surface area contributed by atoms with Crippen molar-refractivity contribution in [3.63, 3.8) is 0 Å². The second-order valence-corrected chi connectivity index (χ2v) is 7.39. The summed E-state index contributed by atoms with van der Waals surface area (Å²) in [5.74, 6) is -0.0949. The number of benzene rings is 2. The van der Waals surface area contributed by atoms with Crippen molar-refractivity contribution in [3.8, 4) is 5.75 Å². The summed E-state index contributed by atoms with van der Waals surface area (Å²) in [6, 6.07) is 14.0. The van der Waals surface area contributed by atoms with Crippen LogP contribution in [0.4, 0.5) is 27.5 Å². The fourth-order valence-corrected chi connectivity index (χ4v) is 2.79. The lowest BCUT2D eigenvalue weighted by atomic mass is 10.2. The van der Waals surface area contributed by atoms with E-state index in [9.17, 15) is 9.18 Å². The minimum absolute atomic E-state index is 0.0319. The second kappa shape index (κ2) is 11.2. The van der Waals surface area contributed by atoms with Crippen LogP contribution < -0.4 is 15.4 Å². The van der Waals surface area contributed by atoms with E-state index in [2.05, 4.69) is 20.6 Å². The van der Waals surface area contributed by atoms with Crippen LogP contribution in [-0.2, 0) is 4.84 Å². The average Bonchev–Trinajstić information content (AvgIpc) is 2.80. The third-order valence-corrected chi connectivity index (χ3v) is 4.57. The molecule has 0 saturated heterocycles. The van der Waals surface area contributed by atoms with Crippen molar-refractivity contribution in [2.45, 2.75) is 0 Å². The fourth-order valence-electron chi connectivity index (χ4n) is 2.79. The Balaban J connectivity index is 1.72. The van der Waals surface area contributed by atoms with Crippen LogP contribution in [0.15, 0.2) is 54.7 Å². The molecule has 0 radical (unpaired) electrons. The number of anilines is 4. The number of hydrogen-bond donors (Lipinski definition) is 2. The Kier molecular flexibility index (Phi) is 8.11. The Hall–Kier alpha value is -3.76. The molecule has 10 heteroatoms. The van der Waals surface area contributed by atoms with Gasteiger partial charge in [0.2, 0.25) is 5.95 Å². The van der Waals surface area contributed by atoms with E-state index in [1.165, 1.54) is 14.2 Å². The number of aromatic nitrogens is 2. The maximum Gasteiger partial charge on any atom is 0.277 e. The molecule has 1 heterocycles. The third kappa shape index (κ3) is 6.86. The van der Waals surface area contributed by atoms with Crippen LogP contribution in [0.1, 0.15) is 10.4 Å². The van der Waals surface area contributed by atoms with Crippen LogP contribution in [0.5, 0.6) is 5.75 Å². The topological polar surface area (TPSA) is 91.8 Å². The molecule has 0 spiro atoms. The van der Waals surface area contributed by atoms with Crippen LogP contribution in [0.2, 0.25) is 0 Å². The zero-order valence-corrected chi connectivity index (χ0v) is 19.0. The molecule has 33 heavy (non-hydrogen) atoms. The summed E-state index contributed by atoms with van der Waals surface area (Å²) in [7, 11) is 6.86. The Morgan fingerprint density at radius 1 is 1.06 bits per heavy atom. The Bertz CT molecular complexity index is 1100. The summed E-state index contributed by atoms with van der Waals surface area (Å²) in [4.78, 5) is 27.5. The highest BCUT2D eigenvalue weighted by Gasteiger charge is 2.13. The smallest absolute Gasteiger partial charge is 0.277 e. The summed E-state index contributed by atoms with van der Waals surface area (Å²) >= 11 is 0. The molecule has 0 unspecified atom stereocenters. The summed E-state index contributed by atoms with van der Waals surface area (Å²) in [6.07, 6.45) is 1.07. The van der Waals surface area contributed by atoms with Gasteiger partial charge in [-0.3, -0.25) is 9.63 Å². The molecule has 0 atom stereocenters. The molecule has 2 N–H and O–H groups in total. The number of rotatable bonds is 10. The minimum atomic E-state index is -0.632. The van der Waals surface area contributed by atoms with Crippen LogP contribution in [0.3, 0.4) is 0 Å². The summed E-state index contributed by atoms with van der Waals surface area (Å²) in [5, 5.41) is 7.05. The second-order valence-electron chi connectivity index (χ2n) is 7.39. The van der Waals surface area contributed by atoms with Gasteiger partial charge in [0, 0.05) is 36.6 Å². The monoisotopic (exact) mass is 454 g/mol. The maximum absolute atomic E-state index is 14.4. The number of carbonyl (C=O) groups is 1. The van der Waals surface area contributed by atoms with Crippen LogP contribution in [0.25, 0.3) is 0 Å². The third-order valence-electron chi connectivity index (χ3n) is 4.57. The number of halogens is 1. The molecule has 0 aliphatic heterocycles. The number of hydroxylamine groups is 2. The van der Waals surface area contributed by atoms with E-state index < -0.39 is 5.82 Å². The predicted molar refractivity (Wildman–Crippen MR) is 125 cm³/mol. The standard InChI is InChI=1S/C23H27FN6O3/c1-29(2)11-12-33-19-10-6-9-18(14-19)27-23-25-15-20(24)21(28-23)26-17-8-5-7-16(13-17)22(31)30(3)32-4/h5-10,13-15H,11-12H2,1-4H3,(H2,25,26,27,28). The van der Waals surface area contributed by atoms with Gasteiger partial charge in [0.25, 0.3) is 5.91 Å². The molecule has 174 valence electrons. The van der Waals surface area contributed by atoms with Crippen molar-refractivity contribution in [2.75, 3.05) is 52.0 Å². The van der Waals surface area contributed by atoms with Crippen LogP contribution in [0, 0.1) is 5.82 Å². The van der Waals surface area contributed by atoms with E-state index in [0.717, 1.165) is 17.8 Å². The quantitative estimate of drug-likeness (QED) is 0.449. The molecule has 2 aromatic carbocycles. The molecular formula is C23H27FN6O3. The highest BCUT2D eigenvalue weighted by Crippen LogP contribution is 2.23. The van der Waals surface area contributed by atoms with Crippen molar-refractivity contribution in [2.24, 2.45) is 0 Å². The summed E-state index contributed by atoms with van der Waals surface area (Å²) < 4.78 is 20.1. The van der Waals surface area contributed by atoms with Gasteiger partial charge in [-0.05, 0) is 44.4 Å². The SMILES string of the molecule is CON(C)C(=O)c1cccc(Nc2nc(Nc3cccc(OCCN(C)C)c3)ncc2F)c1. The number of hydrogen-bond acceptors (Lipinski definition) is 8. The van der Waals surface area contributed by atoms with Crippen molar-refractivity contribution >= 4 is 29.0 Å². The van der Waals surface area contributed by atoms with Gasteiger partial charge in [-0.1, -0.05) is 12.1 Å². The highest BCUT2D eigenvalue weighted by molar-refractivity contribution is 5.94. The van der Waals surface area contributed by atoms with Gasteiger partial charge in [-0.2, -0.15) is 4.98 Å². The molecule has 0 aliphatic rings. The van der Waals surface area contributed by atoms with Gasteiger partial charge in [0.1, 0.15) is 12.4 Å². The Morgan fingerprint density at radius 3 is 2.52 bits per heavy atom. The zero-order chi connectivity index (χ0) is 23.8. The lowest BCUT2D eigenvalue weighted by Gasteiger charge is -2.15. The van der Waals surface area contributed by atoms with Gasteiger partial charge < -0.3 is 20.3 Å². The van der Waals surface area contributed by atoms with Crippen LogP contribution in [-0.4, -0.2) is 67.2 Å². The number of carbonyl (C=O) groups excluding carboxylic acids is 1. The van der Waals surface area contributed by atoms with Crippen molar-refractivity contribution in [1.29, 1.82) is 0 Å². The number of likely N-dealkylation sites (N-methyl/N-ethyl adjacent to an activating group) is 1. The molecule has 0 saturated carbocycles. The van der Waals surface area contributed by atoms with E-state index in [0.29, 0.717) is 29.3 Å². The van der Waals surface area contributed by atoms with Crippen molar-refractivity contribution < 1.29 is 18.8 Å². The lowest BCUT2D eigenvalue weighted by molar-refractivity contribution is -0.0756. The number of nitrogens with zero attached hydrogens (tertiary/aromatic N) is 4. The fraction of sp³-hybridized carbons (Fsp3) is 0.261. The molecule has 3 aromatic rings. The Labute approximate surface area is 192 Å². The first-order valence-electron chi connectivity index (χ1n) is 10.2. The maximum atomic E-state index is 14.4. The average molecular weight is 455 g/mol. The molecule has 0 bridgehead atoms. The van der Waals surface area contributed by atoms with E-state index in [4.69, 9.17) is 9.57 Å². The van der Waals surface area contributed by atoms with E-state index in [1.54, 1.807) is 24.3 Å². The first-order valence-corrected chi connectivity index (χ1v) is 10.2. The first kappa shape index (κ1) is 23.9. The van der Waals surface area contributed by atoms with E-state index in [1.807, 2.05) is 43.3 Å². The number of ether oxygens (including phenoxy) is 1. The molecule has 1 aromatic heterocycles. The van der Waals surface area contributed by atoms with Crippen molar-refractivity contribution in [3.05, 3.63) is 66.1 Å². The number of amides is 1. The van der Waals surface area contributed by atoms with Gasteiger partial charge >= 0.3 is 0 Å². The van der Waals surface area contributed by atoms with Gasteiger partial charge in [0.15, 0.2) is 11.6 Å². The minimum Gasteiger partial charge on any atom is -0.492 e. The van der Waals surface area contributed by atoms with Crippen molar-refractivity contribution in [1.82, 2.24) is 19.9 Å². The van der Waals surface area contributed by atoms with E-state index in [-0.39, 0.29) is 17.7 Å². The van der Waals surface area contributed by atoms with E-state index >= 15 is 0 Å².